The van der Waals surface area contributed by atoms with Crippen molar-refractivity contribution >= 4 is 51.2 Å². The predicted octanol–water partition coefficient (Wildman–Crippen LogP) is 5.21. The van der Waals surface area contributed by atoms with Gasteiger partial charge >= 0.3 is 12.1 Å². The smallest absolute Gasteiger partial charge is 0.441 e. The van der Waals surface area contributed by atoms with E-state index >= 15 is 0 Å². The average molecular weight is 639 g/mol. The highest BCUT2D eigenvalue weighted by molar-refractivity contribution is 7.92. The minimum Gasteiger partial charge on any atom is -0.459 e. The van der Waals surface area contributed by atoms with Gasteiger partial charge in [-0.3, -0.25) is 9.82 Å². The van der Waals surface area contributed by atoms with Gasteiger partial charge in [0.2, 0.25) is 15.9 Å². The van der Waals surface area contributed by atoms with Crippen molar-refractivity contribution < 1.29 is 27.5 Å². The fraction of sp³-hybridized carbons (Fsp3) is 0.467. The number of aromatic nitrogens is 3. The molecule has 45 heavy (non-hydrogen) atoms. The molecule has 0 spiro atoms. The summed E-state index contributed by atoms with van der Waals surface area (Å²) < 4.78 is 38.8. The van der Waals surface area contributed by atoms with Crippen LogP contribution in [0.2, 0.25) is 0 Å². The SMILES string of the molecule is [C-]#[N+]c1c(C(=O)OC2C(C)CC(C)CC2C)c2nc(-c3cccc(NS(C)(=O)=O)c3)[nH]n2c1OC(=O)/N=C(/CCN)N=CCC. The average Bonchev–Trinajstić information content (AvgIpc) is 3.50. The Hall–Kier alpha value is -4.55. The molecule has 2 atom stereocenters. The maximum Gasteiger partial charge on any atom is 0.441 e. The van der Waals surface area contributed by atoms with E-state index < -0.39 is 22.1 Å². The quantitative estimate of drug-likeness (QED) is 0.123. The lowest BCUT2D eigenvalue weighted by molar-refractivity contribution is -0.0249. The number of carbonyl (C=O) groups is 2. The minimum atomic E-state index is -3.55. The number of aromatic amines is 1. The Balaban J connectivity index is 1.82. The third-order valence-corrected chi connectivity index (χ3v) is 7.98. The Labute approximate surface area is 262 Å². The van der Waals surface area contributed by atoms with Crippen molar-refractivity contribution in [3.05, 3.63) is 41.2 Å². The Morgan fingerprint density at radius 3 is 2.60 bits per heavy atom. The first-order valence-electron chi connectivity index (χ1n) is 14.7. The molecule has 0 radical (unpaired) electrons. The summed E-state index contributed by atoms with van der Waals surface area (Å²) in [4.78, 5) is 43.0. The lowest BCUT2D eigenvalue weighted by Crippen LogP contribution is -2.37. The number of sulfonamides is 1. The molecule has 1 aliphatic carbocycles. The molecule has 1 fully saturated rings. The number of benzene rings is 1. The number of fused-ring (bicyclic) bond motifs is 1. The number of rotatable bonds is 9. The molecule has 1 saturated carbocycles. The first-order chi connectivity index (χ1) is 21.3. The number of aliphatic imine (C=N–C) groups is 2. The molecular weight excluding hydrogens is 600 g/mol. The number of nitrogens with zero attached hydrogens (tertiary/aromatic N) is 5. The first kappa shape index (κ1) is 33.3. The monoisotopic (exact) mass is 638 g/mol. The largest absolute Gasteiger partial charge is 0.459 e. The van der Waals surface area contributed by atoms with Gasteiger partial charge in [-0.25, -0.2) is 37.3 Å². The number of carbonyl (C=O) groups excluding carboxylic acids is 2. The summed E-state index contributed by atoms with van der Waals surface area (Å²) in [6.07, 6.45) is 3.76. The normalized spacial score (nSPS) is 20.7. The summed E-state index contributed by atoms with van der Waals surface area (Å²) in [5.41, 5.74) is 5.92. The van der Waals surface area contributed by atoms with Crippen LogP contribution in [0.4, 0.5) is 16.2 Å². The minimum absolute atomic E-state index is 0.00933. The summed E-state index contributed by atoms with van der Waals surface area (Å²) in [5.74, 6) is -0.0469. The molecule has 4 N–H and O–H groups in total. The highest BCUT2D eigenvalue weighted by Gasteiger charge is 2.37. The number of nitrogens with two attached hydrogens (primary N) is 1. The van der Waals surface area contributed by atoms with E-state index in [9.17, 15) is 18.0 Å². The van der Waals surface area contributed by atoms with E-state index in [1.165, 1.54) is 4.52 Å². The molecule has 14 nitrogen and oxygen atoms in total. The Morgan fingerprint density at radius 1 is 1.27 bits per heavy atom. The molecule has 0 bridgehead atoms. The van der Waals surface area contributed by atoms with Crippen LogP contribution in [-0.2, 0) is 14.8 Å². The first-order valence-corrected chi connectivity index (χ1v) is 16.6. The van der Waals surface area contributed by atoms with E-state index in [1.54, 1.807) is 30.5 Å². The Morgan fingerprint density at radius 2 is 1.98 bits per heavy atom. The molecule has 1 aliphatic rings. The maximum absolute atomic E-state index is 13.8. The van der Waals surface area contributed by atoms with E-state index in [-0.39, 0.29) is 71.0 Å². The van der Waals surface area contributed by atoms with Gasteiger partial charge in [0.05, 0.1) is 12.8 Å². The maximum atomic E-state index is 13.8. The third kappa shape index (κ3) is 7.95. The van der Waals surface area contributed by atoms with Crippen molar-refractivity contribution in [2.45, 2.75) is 59.5 Å². The van der Waals surface area contributed by atoms with Crippen LogP contribution in [0.3, 0.4) is 0 Å². The number of ether oxygens (including phenoxy) is 2. The second-order valence-corrected chi connectivity index (χ2v) is 13.1. The summed E-state index contributed by atoms with van der Waals surface area (Å²) >= 11 is 0. The molecule has 2 unspecified atom stereocenters. The molecule has 1 amide bonds. The van der Waals surface area contributed by atoms with Crippen LogP contribution >= 0.6 is 0 Å². The molecule has 15 heteroatoms. The number of amidine groups is 1. The summed E-state index contributed by atoms with van der Waals surface area (Å²) in [6, 6.07) is 6.41. The molecular formula is C30H38N8O6S. The zero-order valence-electron chi connectivity index (χ0n) is 25.9. The van der Waals surface area contributed by atoms with Crippen LogP contribution < -0.4 is 15.2 Å². The van der Waals surface area contributed by atoms with Gasteiger partial charge in [-0.1, -0.05) is 39.8 Å². The van der Waals surface area contributed by atoms with Crippen molar-refractivity contribution in [3.63, 3.8) is 0 Å². The van der Waals surface area contributed by atoms with E-state index in [1.807, 2.05) is 20.8 Å². The molecule has 4 rings (SSSR count). The zero-order valence-corrected chi connectivity index (χ0v) is 26.7. The molecule has 1 aromatic carbocycles. The lowest BCUT2D eigenvalue weighted by Gasteiger charge is -2.37. The summed E-state index contributed by atoms with van der Waals surface area (Å²) in [5, 5.41) is 2.97. The topological polar surface area (TPSA) is 187 Å². The van der Waals surface area contributed by atoms with Crippen molar-refractivity contribution in [2.75, 3.05) is 17.5 Å². The zero-order chi connectivity index (χ0) is 32.9. The van der Waals surface area contributed by atoms with Gasteiger partial charge in [0, 0.05) is 23.9 Å². The molecule has 240 valence electrons. The van der Waals surface area contributed by atoms with E-state index in [2.05, 4.69) is 36.6 Å². The fourth-order valence-electron chi connectivity index (χ4n) is 5.73. The number of nitrogens with one attached hydrogen (secondary N) is 2. The van der Waals surface area contributed by atoms with Gasteiger partial charge in [0.1, 0.15) is 17.5 Å². The van der Waals surface area contributed by atoms with Crippen LogP contribution in [0.5, 0.6) is 5.88 Å². The van der Waals surface area contributed by atoms with Crippen LogP contribution in [0.25, 0.3) is 21.9 Å². The highest BCUT2D eigenvalue weighted by atomic mass is 32.2. The number of esters is 1. The molecule has 0 saturated heterocycles. The number of hydrogen-bond acceptors (Lipinski definition) is 8. The second kappa shape index (κ2) is 14.0. The van der Waals surface area contributed by atoms with Gasteiger partial charge < -0.3 is 15.2 Å². The third-order valence-electron chi connectivity index (χ3n) is 7.38. The Kier molecular flexibility index (Phi) is 10.4. The second-order valence-electron chi connectivity index (χ2n) is 11.4. The van der Waals surface area contributed by atoms with Crippen molar-refractivity contribution in [3.8, 4) is 17.3 Å². The number of amides is 1. The van der Waals surface area contributed by atoms with Crippen molar-refractivity contribution in [2.24, 2.45) is 33.5 Å². The summed E-state index contributed by atoms with van der Waals surface area (Å²) in [7, 11) is -3.55. The van der Waals surface area contributed by atoms with Crippen LogP contribution in [0.1, 0.15) is 63.7 Å². The molecule has 0 aliphatic heterocycles. The standard InChI is InChI=1S/C30H38N8O6S/c1-7-13-33-22(11-12-31)34-30(40)44-28-24(32-5)23(29(39)43-25-18(3)14-17(2)15-19(25)4)27-35-26(36-38(27)28)20-9-8-10-21(16-20)37-45(6,41)42/h8-10,13,16-19,25,37H,7,11-12,14-15,31H2,1-4,6H3,(H,35,36)/b33-13?,34-22-. The van der Waals surface area contributed by atoms with Crippen LogP contribution in [0, 0.1) is 24.3 Å². The van der Waals surface area contributed by atoms with E-state index in [0.717, 1.165) is 19.1 Å². The van der Waals surface area contributed by atoms with E-state index in [4.69, 9.17) is 21.8 Å². The van der Waals surface area contributed by atoms with Gasteiger partial charge in [0.15, 0.2) is 11.5 Å². The van der Waals surface area contributed by atoms with Crippen molar-refractivity contribution in [1.82, 2.24) is 14.6 Å². The highest BCUT2D eigenvalue weighted by Crippen LogP contribution is 2.41. The van der Waals surface area contributed by atoms with E-state index in [0.29, 0.717) is 17.9 Å². The molecule has 3 aromatic rings. The lowest BCUT2D eigenvalue weighted by atomic mass is 9.75. The predicted molar refractivity (Wildman–Crippen MR) is 172 cm³/mol. The van der Waals surface area contributed by atoms with Crippen LogP contribution in [0.15, 0.2) is 34.3 Å². The number of hydrogen-bond donors (Lipinski definition) is 3. The molecule has 2 heterocycles. The van der Waals surface area contributed by atoms with Gasteiger partial charge in [-0.15, -0.1) is 0 Å². The number of H-pyrrole nitrogens is 1. The fourth-order valence-corrected chi connectivity index (χ4v) is 6.28. The number of anilines is 1. The van der Waals surface area contributed by atoms with Crippen LogP contribution in [-0.4, -0.2) is 66.0 Å². The Bertz CT molecular complexity index is 1770. The molecule has 2 aromatic heterocycles. The van der Waals surface area contributed by atoms with Gasteiger partial charge in [-0.05, 0) is 55.7 Å². The van der Waals surface area contributed by atoms with Gasteiger partial charge in [0.25, 0.3) is 5.69 Å². The van der Waals surface area contributed by atoms with Crippen molar-refractivity contribution in [1.29, 1.82) is 0 Å². The summed E-state index contributed by atoms with van der Waals surface area (Å²) in [6.45, 7) is 16.2. The van der Waals surface area contributed by atoms with Gasteiger partial charge in [-0.2, -0.15) is 4.99 Å².